The van der Waals surface area contributed by atoms with Crippen LogP contribution in [-0.2, 0) is 4.74 Å². The van der Waals surface area contributed by atoms with Gasteiger partial charge in [0.2, 0.25) is 0 Å². The van der Waals surface area contributed by atoms with Gasteiger partial charge in [-0.1, -0.05) is 0 Å². The summed E-state index contributed by atoms with van der Waals surface area (Å²) in [6.07, 6.45) is 5.29. The largest absolute Gasteiger partial charge is 0.465 e. The Kier molecular flexibility index (Phi) is 4.71. The molecule has 6 nitrogen and oxygen atoms in total. The van der Waals surface area contributed by atoms with Gasteiger partial charge in [0.25, 0.3) is 0 Å². The van der Waals surface area contributed by atoms with E-state index >= 15 is 0 Å². The normalized spacial score (nSPS) is 14.4. The van der Waals surface area contributed by atoms with Gasteiger partial charge >= 0.3 is 5.97 Å². The summed E-state index contributed by atoms with van der Waals surface area (Å²) in [5.74, 6) is 1.35. The van der Waals surface area contributed by atoms with Gasteiger partial charge in [-0.25, -0.2) is 14.8 Å². The standard InChI is InChI=1S/C17H20N4O2/c1-23-17(22)13-5-7-14(8-6-13)20-15-11-16(19-12-18-15)21-9-3-2-4-10-21/h5-8,11-12H,2-4,9-10H2,1H3,(H,18,19,20). The minimum atomic E-state index is -0.342. The van der Waals surface area contributed by atoms with Gasteiger partial charge in [0, 0.05) is 24.8 Å². The minimum absolute atomic E-state index is 0.342. The van der Waals surface area contributed by atoms with Crippen LogP contribution in [0.4, 0.5) is 17.3 Å². The van der Waals surface area contributed by atoms with Gasteiger partial charge in [0.1, 0.15) is 18.0 Å². The van der Waals surface area contributed by atoms with Gasteiger partial charge < -0.3 is 15.0 Å². The first-order valence-electron chi connectivity index (χ1n) is 7.78. The summed E-state index contributed by atoms with van der Waals surface area (Å²) >= 11 is 0. The van der Waals surface area contributed by atoms with Gasteiger partial charge in [0.15, 0.2) is 0 Å². The van der Waals surface area contributed by atoms with Crippen LogP contribution in [0.1, 0.15) is 29.6 Å². The van der Waals surface area contributed by atoms with Gasteiger partial charge in [-0.3, -0.25) is 0 Å². The zero-order valence-electron chi connectivity index (χ0n) is 13.2. The second-order valence-electron chi connectivity index (χ2n) is 5.50. The first-order chi connectivity index (χ1) is 11.3. The average Bonchev–Trinajstić information content (AvgIpc) is 2.63. The van der Waals surface area contributed by atoms with Crippen LogP contribution in [0.2, 0.25) is 0 Å². The molecule has 0 amide bonds. The molecule has 120 valence electrons. The minimum Gasteiger partial charge on any atom is -0.465 e. The fourth-order valence-electron chi connectivity index (χ4n) is 2.67. The molecule has 0 bridgehead atoms. The second-order valence-corrected chi connectivity index (χ2v) is 5.50. The number of esters is 1. The molecular weight excluding hydrogens is 292 g/mol. The van der Waals surface area contributed by atoms with E-state index in [1.54, 1.807) is 18.5 Å². The van der Waals surface area contributed by atoms with Crippen LogP contribution in [-0.4, -0.2) is 36.1 Å². The molecule has 6 heteroatoms. The summed E-state index contributed by atoms with van der Waals surface area (Å²) < 4.78 is 4.69. The highest BCUT2D eigenvalue weighted by Crippen LogP contribution is 2.21. The maximum Gasteiger partial charge on any atom is 0.337 e. The highest BCUT2D eigenvalue weighted by Gasteiger charge is 2.12. The van der Waals surface area contributed by atoms with E-state index in [2.05, 4.69) is 20.2 Å². The molecule has 1 aromatic heterocycles. The molecule has 23 heavy (non-hydrogen) atoms. The average molecular weight is 312 g/mol. The SMILES string of the molecule is COC(=O)c1ccc(Nc2cc(N3CCCCC3)ncn2)cc1. The Morgan fingerprint density at radius 1 is 1.13 bits per heavy atom. The molecule has 3 rings (SSSR count). The number of carbonyl (C=O) groups is 1. The monoisotopic (exact) mass is 312 g/mol. The van der Waals surface area contributed by atoms with E-state index in [0.717, 1.165) is 30.4 Å². The molecule has 1 fully saturated rings. The van der Waals surface area contributed by atoms with Gasteiger partial charge in [0.05, 0.1) is 12.7 Å². The van der Waals surface area contributed by atoms with Crippen molar-refractivity contribution < 1.29 is 9.53 Å². The quantitative estimate of drug-likeness (QED) is 0.875. The molecule has 0 radical (unpaired) electrons. The van der Waals surface area contributed by atoms with Crippen molar-refractivity contribution >= 4 is 23.3 Å². The first kappa shape index (κ1) is 15.3. The second kappa shape index (κ2) is 7.09. The number of carbonyl (C=O) groups excluding carboxylic acids is 1. The molecule has 1 aliphatic rings. The van der Waals surface area contributed by atoms with Gasteiger partial charge in [-0.05, 0) is 43.5 Å². The topological polar surface area (TPSA) is 67.3 Å². The molecular formula is C17H20N4O2. The highest BCUT2D eigenvalue weighted by molar-refractivity contribution is 5.89. The molecule has 1 aliphatic heterocycles. The maximum atomic E-state index is 11.4. The van der Waals surface area contributed by atoms with Crippen molar-refractivity contribution in [3.8, 4) is 0 Å². The lowest BCUT2D eigenvalue weighted by atomic mass is 10.1. The molecule has 0 unspecified atom stereocenters. The lowest BCUT2D eigenvalue weighted by Crippen LogP contribution is -2.30. The number of hydrogen-bond acceptors (Lipinski definition) is 6. The van der Waals surface area contributed by atoms with Crippen LogP contribution in [0.3, 0.4) is 0 Å². The fourth-order valence-corrected chi connectivity index (χ4v) is 2.67. The molecule has 0 spiro atoms. The van der Waals surface area contributed by atoms with Crippen LogP contribution < -0.4 is 10.2 Å². The summed E-state index contributed by atoms with van der Waals surface area (Å²) in [6, 6.07) is 9.06. The fraction of sp³-hybridized carbons (Fsp3) is 0.353. The maximum absolute atomic E-state index is 11.4. The molecule has 1 saturated heterocycles. The lowest BCUT2D eigenvalue weighted by molar-refractivity contribution is 0.0601. The third kappa shape index (κ3) is 3.77. The third-order valence-electron chi connectivity index (χ3n) is 3.91. The molecule has 2 aromatic rings. The number of nitrogens with zero attached hydrogens (tertiary/aromatic N) is 3. The Labute approximate surface area is 135 Å². The lowest BCUT2D eigenvalue weighted by Gasteiger charge is -2.27. The van der Waals surface area contributed by atoms with Crippen molar-refractivity contribution in [2.75, 3.05) is 30.4 Å². The van der Waals surface area contributed by atoms with Crippen molar-refractivity contribution in [2.45, 2.75) is 19.3 Å². The van der Waals surface area contributed by atoms with Crippen molar-refractivity contribution in [1.82, 2.24) is 9.97 Å². The van der Waals surface area contributed by atoms with E-state index in [0.29, 0.717) is 5.56 Å². The van der Waals surface area contributed by atoms with Crippen molar-refractivity contribution in [1.29, 1.82) is 0 Å². The zero-order valence-corrected chi connectivity index (χ0v) is 13.2. The first-order valence-corrected chi connectivity index (χ1v) is 7.78. The van der Waals surface area contributed by atoms with Gasteiger partial charge in [-0.2, -0.15) is 0 Å². The summed E-state index contributed by atoms with van der Waals surface area (Å²) in [4.78, 5) is 22.4. The van der Waals surface area contributed by atoms with E-state index < -0.39 is 0 Å². The van der Waals surface area contributed by atoms with Crippen molar-refractivity contribution in [3.05, 3.63) is 42.2 Å². The number of rotatable bonds is 4. The number of nitrogens with one attached hydrogen (secondary N) is 1. The number of anilines is 3. The summed E-state index contributed by atoms with van der Waals surface area (Å²) in [6.45, 7) is 2.09. The third-order valence-corrected chi connectivity index (χ3v) is 3.91. The number of benzene rings is 1. The van der Waals surface area contributed by atoms with Crippen molar-refractivity contribution in [3.63, 3.8) is 0 Å². The molecule has 0 atom stereocenters. The smallest absolute Gasteiger partial charge is 0.337 e. The molecule has 0 aliphatic carbocycles. The summed E-state index contributed by atoms with van der Waals surface area (Å²) in [7, 11) is 1.37. The summed E-state index contributed by atoms with van der Waals surface area (Å²) in [5.41, 5.74) is 1.38. The molecule has 0 saturated carbocycles. The van der Waals surface area contributed by atoms with E-state index in [1.165, 1.54) is 26.4 Å². The predicted molar refractivity (Wildman–Crippen MR) is 89.2 cm³/mol. The van der Waals surface area contributed by atoms with E-state index in [-0.39, 0.29) is 5.97 Å². The predicted octanol–water partition coefficient (Wildman–Crippen LogP) is 3.00. The van der Waals surface area contributed by atoms with E-state index in [1.807, 2.05) is 18.2 Å². The van der Waals surface area contributed by atoms with E-state index in [4.69, 9.17) is 4.74 Å². The number of hydrogen-bond donors (Lipinski definition) is 1. The van der Waals surface area contributed by atoms with Crippen LogP contribution in [0.5, 0.6) is 0 Å². The Balaban J connectivity index is 1.71. The van der Waals surface area contributed by atoms with Crippen LogP contribution in [0.25, 0.3) is 0 Å². The van der Waals surface area contributed by atoms with E-state index in [9.17, 15) is 4.79 Å². The van der Waals surface area contributed by atoms with Gasteiger partial charge in [-0.15, -0.1) is 0 Å². The number of methoxy groups -OCH3 is 1. The Hall–Kier alpha value is -2.63. The van der Waals surface area contributed by atoms with Crippen LogP contribution in [0.15, 0.2) is 36.7 Å². The zero-order chi connectivity index (χ0) is 16.1. The number of aromatic nitrogens is 2. The number of piperidine rings is 1. The Morgan fingerprint density at radius 3 is 2.57 bits per heavy atom. The van der Waals surface area contributed by atoms with Crippen molar-refractivity contribution in [2.24, 2.45) is 0 Å². The highest BCUT2D eigenvalue weighted by atomic mass is 16.5. The Bertz CT molecular complexity index is 667. The molecule has 1 aromatic carbocycles. The molecule has 2 heterocycles. The Morgan fingerprint density at radius 2 is 1.87 bits per heavy atom. The molecule has 1 N–H and O–H groups in total. The van der Waals surface area contributed by atoms with Crippen LogP contribution >= 0.6 is 0 Å². The summed E-state index contributed by atoms with van der Waals surface area (Å²) in [5, 5.41) is 3.24. The van der Waals surface area contributed by atoms with Crippen LogP contribution in [0, 0.1) is 0 Å². The number of ether oxygens (including phenoxy) is 1.